The molecule has 0 aliphatic rings. The van der Waals surface area contributed by atoms with Crippen molar-refractivity contribution < 1.29 is 9.53 Å². The lowest BCUT2D eigenvalue weighted by Crippen LogP contribution is -2.28. The number of hydrogen-bond donors (Lipinski definition) is 2. The highest BCUT2D eigenvalue weighted by molar-refractivity contribution is 6.04. The van der Waals surface area contributed by atoms with Crippen LogP contribution in [-0.4, -0.2) is 28.8 Å². The smallest absolute Gasteiger partial charge is 0.272 e. The summed E-state index contributed by atoms with van der Waals surface area (Å²) < 4.78 is 5.61. The Morgan fingerprint density at radius 1 is 1.12 bits per heavy atom. The summed E-state index contributed by atoms with van der Waals surface area (Å²) in [5.41, 5.74) is 1.02. The number of amides is 1. The predicted molar refractivity (Wildman–Crippen MR) is 101 cm³/mol. The van der Waals surface area contributed by atoms with Crippen LogP contribution in [0.1, 0.15) is 29.9 Å². The first-order valence-corrected chi connectivity index (χ1v) is 8.56. The van der Waals surface area contributed by atoms with Crippen LogP contribution in [0.25, 0.3) is 10.8 Å². The lowest BCUT2D eigenvalue weighted by atomic mass is 10.1. The van der Waals surface area contributed by atoms with Crippen LogP contribution in [0, 0.1) is 0 Å². The summed E-state index contributed by atoms with van der Waals surface area (Å²) >= 11 is 0. The molecule has 0 radical (unpaired) electrons. The Morgan fingerprint density at radius 3 is 2.50 bits per heavy atom. The van der Waals surface area contributed by atoms with Gasteiger partial charge in [-0.1, -0.05) is 30.3 Å². The fraction of sp³-hybridized carbons (Fsp3) is 0.250. The van der Waals surface area contributed by atoms with Gasteiger partial charge in [-0.2, -0.15) is 5.10 Å². The molecule has 2 N–H and O–H groups in total. The SMILES string of the molecule is CC(C)Oc1ccc(CCNC(=O)c2n[nH]c(=O)c3ccccc23)cc1. The van der Waals surface area contributed by atoms with E-state index in [1.54, 1.807) is 24.3 Å². The van der Waals surface area contributed by atoms with Gasteiger partial charge in [0.1, 0.15) is 5.75 Å². The highest BCUT2D eigenvalue weighted by atomic mass is 16.5. The summed E-state index contributed by atoms with van der Waals surface area (Å²) in [7, 11) is 0. The number of ether oxygens (including phenoxy) is 1. The van der Waals surface area contributed by atoms with Crippen molar-refractivity contribution in [2.24, 2.45) is 0 Å². The van der Waals surface area contributed by atoms with E-state index < -0.39 is 0 Å². The highest BCUT2D eigenvalue weighted by Crippen LogP contribution is 2.14. The normalized spacial score (nSPS) is 10.9. The van der Waals surface area contributed by atoms with Gasteiger partial charge in [-0.05, 0) is 44.0 Å². The number of carbonyl (C=O) groups excluding carboxylic acids is 1. The van der Waals surface area contributed by atoms with Gasteiger partial charge >= 0.3 is 0 Å². The Morgan fingerprint density at radius 2 is 1.81 bits per heavy atom. The van der Waals surface area contributed by atoms with Crippen molar-refractivity contribution in [2.45, 2.75) is 26.4 Å². The van der Waals surface area contributed by atoms with E-state index in [0.29, 0.717) is 23.7 Å². The average Bonchev–Trinajstić information content (AvgIpc) is 2.63. The van der Waals surface area contributed by atoms with Crippen LogP contribution in [0.3, 0.4) is 0 Å². The number of aromatic amines is 1. The number of H-pyrrole nitrogens is 1. The molecule has 134 valence electrons. The van der Waals surface area contributed by atoms with Gasteiger partial charge in [0.25, 0.3) is 11.5 Å². The standard InChI is InChI=1S/C20H21N3O3/c1-13(2)26-15-9-7-14(8-10-15)11-12-21-20(25)18-16-5-3-4-6-17(16)19(24)23-22-18/h3-10,13H,11-12H2,1-2H3,(H,21,25)(H,23,24). The predicted octanol–water partition coefficient (Wildman–Crippen LogP) is 2.68. The maximum absolute atomic E-state index is 12.4. The van der Waals surface area contributed by atoms with Crippen LogP contribution in [0.2, 0.25) is 0 Å². The molecule has 1 aromatic heterocycles. The first kappa shape index (κ1) is 17.7. The fourth-order valence-corrected chi connectivity index (χ4v) is 2.70. The summed E-state index contributed by atoms with van der Waals surface area (Å²) in [5.74, 6) is 0.522. The van der Waals surface area contributed by atoms with Gasteiger partial charge in [0.2, 0.25) is 0 Å². The summed E-state index contributed by atoms with van der Waals surface area (Å²) in [6, 6.07) is 14.7. The number of rotatable bonds is 6. The summed E-state index contributed by atoms with van der Waals surface area (Å²) in [6.07, 6.45) is 0.828. The Kier molecular flexibility index (Phi) is 5.31. The van der Waals surface area contributed by atoms with Crippen molar-refractivity contribution in [1.29, 1.82) is 0 Å². The summed E-state index contributed by atoms with van der Waals surface area (Å²) in [6.45, 7) is 4.44. The van der Waals surface area contributed by atoms with Crippen LogP contribution in [0.5, 0.6) is 5.75 Å². The van der Waals surface area contributed by atoms with E-state index in [2.05, 4.69) is 15.5 Å². The van der Waals surface area contributed by atoms with Gasteiger partial charge < -0.3 is 10.1 Å². The molecule has 3 aromatic rings. The first-order valence-electron chi connectivity index (χ1n) is 8.56. The minimum Gasteiger partial charge on any atom is -0.491 e. The number of hydrogen-bond acceptors (Lipinski definition) is 4. The van der Waals surface area contributed by atoms with E-state index in [4.69, 9.17) is 4.74 Å². The number of nitrogens with zero attached hydrogens (tertiary/aromatic N) is 1. The maximum atomic E-state index is 12.4. The quantitative estimate of drug-likeness (QED) is 0.715. The number of carbonyl (C=O) groups is 1. The molecule has 0 aliphatic heterocycles. The zero-order chi connectivity index (χ0) is 18.5. The Hall–Kier alpha value is -3.15. The van der Waals surface area contributed by atoms with Crippen LogP contribution in [-0.2, 0) is 6.42 Å². The topological polar surface area (TPSA) is 84.1 Å². The van der Waals surface area contributed by atoms with Crippen LogP contribution in [0.15, 0.2) is 53.3 Å². The lowest BCUT2D eigenvalue weighted by molar-refractivity contribution is 0.0950. The third-order valence-electron chi connectivity index (χ3n) is 3.91. The summed E-state index contributed by atoms with van der Waals surface area (Å²) in [4.78, 5) is 24.2. The third kappa shape index (κ3) is 4.08. The highest BCUT2D eigenvalue weighted by Gasteiger charge is 2.13. The Labute approximate surface area is 151 Å². The van der Waals surface area contributed by atoms with Gasteiger partial charge in [-0.3, -0.25) is 9.59 Å². The molecule has 2 aromatic carbocycles. The second-order valence-electron chi connectivity index (χ2n) is 6.26. The molecule has 0 unspecified atom stereocenters. The van der Waals surface area contributed by atoms with E-state index in [-0.39, 0.29) is 23.3 Å². The van der Waals surface area contributed by atoms with Crippen molar-refractivity contribution in [3.8, 4) is 5.75 Å². The number of benzene rings is 2. The molecule has 26 heavy (non-hydrogen) atoms. The molecule has 1 amide bonds. The Bertz CT molecular complexity index is 962. The molecule has 0 saturated heterocycles. The molecule has 6 nitrogen and oxygen atoms in total. The van der Waals surface area contributed by atoms with Crippen LogP contribution < -0.4 is 15.6 Å². The van der Waals surface area contributed by atoms with Gasteiger partial charge in [-0.25, -0.2) is 5.10 Å². The van der Waals surface area contributed by atoms with Crippen LogP contribution >= 0.6 is 0 Å². The van der Waals surface area contributed by atoms with Gasteiger partial charge in [0.15, 0.2) is 5.69 Å². The maximum Gasteiger partial charge on any atom is 0.272 e. The molecule has 0 aliphatic carbocycles. The molecule has 6 heteroatoms. The fourth-order valence-electron chi connectivity index (χ4n) is 2.70. The number of fused-ring (bicyclic) bond motifs is 1. The molecule has 0 bridgehead atoms. The van der Waals surface area contributed by atoms with Crippen molar-refractivity contribution in [3.05, 3.63) is 70.1 Å². The molecule has 0 atom stereocenters. The molecular weight excluding hydrogens is 330 g/mol. The summed E-state index contributed by atoms with van der Waals surface area (Å²) in [5, 5.41) is 10.1. The zero-order valence-electron chi connectivity index (χ0n) is 14.8. The average molecular weight is 351 g/mol. The Balaban J connectivity index is 1.63. The first-order chi connectivity index (χ1) is 12.5. The second kappa shape index (κ2) is 7.82. The second-order valence-corrected chi connectivity index (χ2v) is 6.26. The molecular formula is C20H21N3O3. The van der Waals surface area contributed by atoms with Crippen molar-refractivity contribution in [1.82, 2.24) is 15.5 Å². The third-order valence-corrected chi connectivity index (χ3v) is 3.91. The van der Waals surface area contributed by atoms with E-state index in [1.165, 1.54) is 0 Å². The van der Waals surface area contributed by atoms with E-state index in [9.17, 15) is 9.59 Å². The number of nitrogens with one attached hydrogen (secondary N) is 2. The van der Waals surface area contributed by atoms with E-state index >= 15 is 0 Å². The van der Waals surface area contributed by atoms with E-state index in [1.807, 2.05) is 38.1 Å². The molecule has 0 saturated carbocycles. The van der Waals surface area contributed by atoms with Gasteiger partial charge in [0, 0.05) is 11.9 Å². The van der Waals surface area contributed by atoms with E-state index in [0.717, 1.165) is 11.3 Å². The molecule has 3 rings (SSSR count). The minimum absolute atomic E-state index is 0.139. The molecule has 0 spiro atoms. The number of aromatic nitrogens is 2. The largest absolute Gasteiger partial charge is 0.491 e. The van der Waals surface area contributed by atoms with Gasteiger partial charge in [0.05, 0.1) is 11.5 Å². The van der Waals surface area contributed by atoms with Crippen molar-refractivity contribution in [3.63, 3.8) is 0 Å². The molecule has 1 heterocycles. The zero-order valence-corrected chi connectivity index (χ0v) is 14.8. The minimum atomic E-state index is -0.308. The van der Waals surface area contributed by atoms with Crippen LogP contribution in [0.4, 0.5) is 0 Å². The van der Waals surface area contributed by atoms with Gasteiger partial charge in [-0.15, -0.1) is 0 Å². The molecule has 0 fully saturated rings. The monoisotopic (exact) mass is 351 g/mol. The van der Waals surface area contributed by atoms with Crippen molar-refractivity contribution >= 4 is 16.7 Å². The lowest BCUT2D eigenvalue weighted by Gasteiger charge is -2.10. The van der Waals surface area contributed by atoms with Crippen molar-refractivity contribution in [2.75, 3.05) is 6.54 Å².